The molecule has 7 nitrogen and oxygen atoms in total. The molecule has 0 radical (unpaired) electrons. The molecule has 0 atom stereocenters. The molecule has 2 aromatic carbocycles. The van der Waals surface area contributed by atoms with Crippen LogP contribution in [0.5, 0.6) is 5.75 Å². The van der Waals surface area contributed by atoms with Crippen LogP contribution in [0.1, 0.15) is 22.5 Å². The van der Waals surface area contributed by atoms with Gasteiger partial charge in [-0.25, -0.2) is 9.78 Å². The van der Waals surface area contributed by atoms with Crippen molar-refractivity contribution in [3.63, 3.8) is 0 Å². The molecule has 0 spiro atoms. The van der Waals surface area contributed by atoms with E-state index >= 15 is 0 Å². The summed E-state index contributed by atoms with van der Waals surface area (Å²) >= 11 is 0.975. The van der Waals surface area contributed by atoms with Gasteiger partial charge in [-0.05, 0) is 48.5 Å². The lowest BCUT2D eigenvalue weighted by Gasteiger charge is -2.08. The number of aromatic amines is 1. The van der Waals surface area contributed by atoms with Crippen molar-refractivity contribution >= 4 is 23.8 Å². The van der Waals surface area contributed by atoms with E-state index < -0.39 is 5.97 Å². The zero-order valence-corrected chi connectivity index (χ0v) is 15.7. The molecule has 1 heterocycles. The third kappa shape index (κ3) is 4.99. The Morgan fingerprint density at radius 2 is 2.04 bits per heavy atom. The second kappa shape index (κ2) is 8.88. The van der Waals surface area contributed by atoms with Crippen LogP contribution in [0.15, 0.2) is 58.6 Å². The average Bonchev–Trinajstić information content (AvgIpc) is 3.11. The van der Waals surface area contributed by atoms with Gasteiger partial charge >= 0.3 is 5.97 Å². The van der Waals surface area contributed by atoms with E-state index in [1.165, 1.54) is 0 Å². The van der Waals surface area contributed by atoms with Crippen LogP contribution in [-0.4, -0.2) is 26.3 Å². The highest BCUT2D eigenvalue weighted by Gasteiger charge is 2.13. The summed E-state index contributed by atoms with van der Waals surface area (Å²) in [4.78, 5) is 15.7. The second-order valence-electron chi connectivity index (χ2n) is 5.75. The number of thioether (sulfide) groups is 1. The second-order valence-corrected chi connectivity index (χ2v) is 6.75. The van der Waals surface area contributed by atoms with Crippen LogP contribution in [0.4, 0.5) is 0 Å². The topological polar surface area (TPSA) is 112 Å². The quantitative estimate of drug-likeness (QED) is 0.465. The Bertz CT molecular complexity index is 1050. The summed E-state index contributed by atoms with van der Waals surface area (Å²) in [6.07, 6.45) is 1.55. The van der Waals surface area contributed by atoms with Crippen molar-refractivity contribution in [3.8, 4) is 11.8 Å². The van der Waals surface area contributed by atoms with Crippen molar-refractivity contribution in [1.82, 2.24) is 15.2 Å². The van der Waals surface area contributed by atoms with Crippen molar-refractivity contribution < 1.29 is 14.6 Å². The van der Waals surface area contributed by atoms with Gasteiger partial charge in [0.2, 0.25) is 5.16 Å². The molecule has 0 amide bonds. The van der Waals surface area contributed by atoms with Crippen molar-refractivity contribution in [1.29, 1.82) is 5.26 Å². The molecule has 0 aliphatic rings. The van der Waals surface area contributed by atoms with Gasteiger partial charge in [0.05, 0.1) is 11.6 Å². The van der Waals surface area contributed by atoms with Crippen LogP contribution in [0.2, 0.25) is 0 Å². The highest BCUT2D eigenvalue weighted by molar-refractivity contribution is 8.04. The molecule has 8 heteroatoms. The van der Waals surface area contributed by atoms with E-state index in [1.807, 2.05) is 12.1 Å². The number of benzene rings is 2. The van der Waals surface area contributed by atoms with Crippen LogP contribution < -0.4 is 4.74 Å². The zero-order valence-electron chi connectivity index (χ0n) is 14.9. The maximum atomic E-state index is 11.5. The van der Waals surface area contributed by atoms with Crippen molar-refractivity contribution in [2.24, 2.45) is 0 Å². The van der Waals surface area contributed by atoms with Crippen LogP contribution in [0.25, 0.3) is 6.08 Å². The Kier molecular flexibility index (Phi) is 6.09. The van der Waals surface area contributed by atoms with Gasteiger partial charge in [0.1, 0.15) is 23.1 Å². The first-order chi connectivity index (χ1) is 13.5. The van der Waals surface area contributed by atoms with Gasteiger partial charge in [-0.3, -0.25) is 5.10 Å². The Hall–Kier alpha value is -3.57. The number of nitrogens with one attached hydrogen (secondary N) is 1. The summed E-state index contributed by atoms with van der Waals surface area (Å²) in [6, 6.07) is 16.4. The highest BCUT2D eigenvalue weighted by Crippen LogP contribution is 2.26. The Labute approximate surface area is 165 Å². The van der Waals surface area contributed by atoms with Crippen molar-refractivity contribution in [2.45, 2.75) is 18.7 Å². The Morgan fingerprint density at radius 1 is 1.29 bits per heavy atom. The first-order valence-corrected chi connectivity index (χ1v) is 9.09. The number of nitriles is 1. The molecule has 0 aliphatic heterocycles. The lowest BCUT2D eigenvalue weighted by Crippen LogP contribution is -1.98. The summed E-state index contributed by atoms with van der Waals surface area (Å²) in [5.41, 5.74) is 2.09. The lowest BCUT2D eigenvalue weighted by atomic mass is 10.1. The molecule has 3 aromatic rings. The van der Waals surface area contributed by atoms with Gasteiger partial charge in [0.25, 0.3) is 0 Å². The highest BCUT2D eigenvalue weighted by atomic mass is 32.2. The minimum atomic E-state index is -1.05. The third-order valence-corrected chi connectivity index (χ3v) is 4.58. The van der Waals surface area contributed by atoms with Gasteiger partial charge in [-0.1, -0.05) is 30.3 Å². The summed E-state index contributed by atoms with van der Waals surface area (Å²) in [6.45, 7) is 2.02. The molecule has 0 bridgehead atoms. The van der Waals surface area contributed by atoms with Crippen molar-refractivity contribution in [3.05, 3.63) is 76.0 Å². The van der Waals surface area contributed by atoms with E-state index in [0.29, 0.717) is 27.9 Å². The first kappa shape index (κ1) is 19.2. The number of hydrogen-bond acceptors (Lipinski definition) is 6. The van der Waals surface area contributed by atoms with E-state index in [2.05, 4.69) is 21.3 Å². The number of carboxylic acid groups (broad SMARTS) is 1. The number of aromatic nitrogens is 3. The van der Waals surface area contributed by atoms with Crippen LogP contribution >= 0.6 is 11.8 Å². The molecular formula is C20H16N4O3S. The van der Waals surface area contributed by atoms with E-state index in [1.54, 1.807) is 49.4 Å². The van der Waals surface area contributed by atoms with E-state index in [0.717, 1.165) is 17.3 Å². The predicted molar refractivity (Wildman–Crippen MR) is 105 cm³/mol. The smallest absolute Gasteiger partial charge is 0.342 e. The van der Waals surface area contributed by atoms with Crippen molar-refractivity contribution in [2.75, 3.05) is 0 Å². The number of rotatable bonds is 7. The number of carboxylic acids is 1. The normalized spacial score (nSPS) is 11.1. The number of ether oxygens (including phenoxy) is 1. The number of aliphatic carboxylic acids is 1. The first-order valence-electron chi connectivity index (χ1n) is 8.28. The molecule has 0 saturated carbocycles. The molecule has 3 rings (SSSR count). The molecular weight excluding hydrogens is 376 g/mol. The van der Waals surface area contributed by atoms with Gasteiger partial charge in [-0.15, -0.1) is 5.10 Å². The summed E-state index contributed by atoms with van der Waals surface area (Å²) < 4.78 is 5.72. The number of carbonyl (C=O) groups is 1. The lowest BCUT2D eigenvalue weighted by molar-refractivity contribution is -0.131. The number of H-pyrrole nitrogens is 1. The number of nitrogens with zero attached hydrogens (tertiary/aromatic N) is 3. The van der Waals surface area contributed by atoms with E-state index in [9.17, 15) is 9.90 Å². The standard InChI is InChI=1S/C20H16N4O3S/c1-13-22-20(24-23-13)28-18(19(25)26)10-14-6-8-17(9-7-14)27-12-16-5-3-2-4-15(16)11-21/h2-10H,12H2,1H3,(H,25,26)(H,22,23,24)/b18-10-. The molecule has 0 fully saturated rings. The summed E-state index contributed by atoms with van der Waals surface area (Å²) in [5, 5.41) is 25.5. The molecule has 28 heavy (non-hydrogen) atoms. The number of aryl methyl sites for hydroxylation is 1. The van der Waals surface area contributed by atoms with Crippen LogP contribution in [-0.2, 0) is 11.4 Å². The minimum Gasteiger partial charge on any atom is -0.489 e. The zero-order chi connectivity index (χ0) is 19.9. The SMILES string of the molecule is Cc1nc(S/C(=C\c2ccc(OCc3ccccc3C#N)cc2)C(=O)O)n[nH]1. The average molecular weight is 392 g/mol. The van der Waals surface area contributed by atoms with E-state index in [4.69, 9.17) is 10.00 Å². The summed E-state index contributed by atoms with van der Waals surface area (Å²) in [7, 11) is 0. The fraction of sp³-hybridized carbons (Fsp3) is 0.100. The third-order valence-electron chi connectivity index (χ3n) is 3.70. The minimum absolute atomic E-state index is 0.107. The van der Waals surface area contributed by atoms with Gasteiger partial charge in [0.15, 0.2) is 0 Å². The van der Waals surface area contributed by atoms with Crippen LogP contribution in [0, 0.1) is 18.3 Å². The molecule has 2 N–H and O–H groups in total. The van der Waals surface area contributed by atoms with E-state index in [-0.39, 0.29) is 11.5 Å². The maximum absolute atomic E-state index is 11.5. The Balaban J connectivity index is 1.69. The fourth-order valence-corrected chi connectivity index (χ4v) is 3.08. The largest absolute Gasteiger partial charge is 0.489 e. The molecule has 0 aliphatic carbocycles. The molecule has 140 valence electrons. The van der Waals surface area contributed by atoms with Gasteiger partial charge < -0.3 is 9.84 Å². The predicted octanol–water partition coefficient (Wildman–Crippen LogP) is 3.78. The maximum Gasteiger partial charge on any atom is 0.342 e. The molecule has 0 unspecified atom stereocenters. The Morgan fingerprint density at radius 3 is 2.68 bits per heavy atom. The van der Waals surface area contributed by atoms with Crippen LogP contribution in [0.3, 0.4) is 0 Å². The molecule has 1 aromatic heterocycles. The fourth-order valence-electron chi connectivity index (χ4n) is 2.33. The summed E-state index contributed by atoms with van der Waals surface area (Å²) in [5.74, 6) is 0.187. The van der Waals surface area contributed by atoms with Gasteiger partial charge in [0, 0.05) is 5.56 Å². The molecule has 0 saturated heterocycles. The number of hydrogen-bond donors (Lipinski definition) is 2. The monoisotopic (exact) mass is 392 g/mol. The van der Waals surface area contributed by atoms with Gasteiger partial charge in [-0.2, -0.15) is 5.26 Å².